The van der Waals surface area contributed by atoms with Gasteiger partial charge in [-0.1, -0.05) is 55.0 Å². The number of carboxylic acid groups (broad SMARTS) is 1. The molecule has 1 saturated carbocycles. The number of ether oxygens (including phenoxy) is 1. The number of rotatable bonds is 5. The van der Waals surface area contributed by atoms with Crippen molar-refractivity contribution in [2.45, 2.75) is 49.7 Å². The average molecular weight is 479 g/mol. The molecule has 2 aliphatic carbocycles. The zero-order valence-corrected chi connectivity index (χ0v) is 19.5. The van der Waals surface area contributed by atoms with Crippen molar-refractivity contribution in [3.05, 3.63) is 59.7 Å². The fraction of sp³-hybridized carbons (Fsp3) is 0.444. The quantitative estimate of drug-likeness (QED) is 0.608. The van der Waals surface area contributed by atoms with Gasteiger partial charge < -0.3 is 25.2 Å². The molecule has 35 heavy (non-hydrogen) atoms. The zero-order valence-electron chi connectivity index (χ0n) is 19.5. The van der Waals surface area contributed by atoms with Gasteiger partial charge in [0.2, 0.25) is 5.91 Å². The Morgan fingerprint density at radius 3 is 2.31 bits per heavy atom. The van der Waals surface area contributed by atoms with E-state index in [0.29, 0.717) is 12.8 Å². The first-order valence-corrected chi connectivity index (χ1v) is 12.2. The molecule has 0 aromatic heterocycles. The number of nitrogens with one attached hydrogen (secondary N) is 1. The zero-order chi connectivity index (χ0) is 24.6. The van der Waals surface area contributed by atoms with Gasteiger partial charge in [0.1, 0.15) is 6.61 Å². The van der Waals surface area contributed by atoms with E-state index in [1.54, 1.807) is 0 Å². The molecule has 2 amide bonds. The van der Waals surface area contributed by atoms with E-state index in [9.17, 15) is 24.6 Å². The maximum Gasteiger partial charge on any atom is 0.407 e. The lowest BCUT2D eigenvalue weighted by Crippen LogP contribution is -2.46. The van der Waals surface area contributed by atoms with Gasteiger partial charge in [-0.05, 0) is 41.5 Å². The number of aliphatic carboxylic acids is 1. The Balaban J connectivity index is 1.16. The van der Waals surface area contributed by atoms with Crippen LogP contribution in [0.3, 0.4) is 0 Å². The van der Waals surface area contributed by atoms with Crippen LogP contribution >= 0.6 is 0 Å². The third-order valence-corrected chi connectivity index (χ3v) is 7.65. The lowest BCUT2D eigenvalue weighted by molar-refractivity contribution is -0.157. The summed E-state index contributed by atoms with van der Waals surface area (Å²) in [7, 11) is 0. The Kier molecular flexibility index (Phi) is 6.23. The Labute approximate surface area is 203 Å². The Morgan fingerprint density at radius 1 is 1.03 bits per heavy atom. The van der Waals surface area contributed by atoms with Gasteiger partial charge in [-0.2, -0.15) is 0 Å². The molecule has 1 saturated heterocycles. The Morgan fingerprint density at radius 2 is 1.69 bits per heavy atom. The summed E-state index contributed by atoms with van der Waals surface area (Å²) in [6.07, 6.45) is 2.23. The van der Waals surface area contributed by atoms with Crippen LogP contribution < -0.4 is 5.32 Å². The van der Waals surface area contributed by atoms with Gasteiger partial charge in [0.25, 0.3) is 0 Å². The van der Waals surface area contributed by atoms with E-state index >= 15 is 0 Å². The van der Waals surface area contributed by atoms with Crippen molar-refractivity contribution in [2.24, 2.45) is 5.92 Å². The van der Waals surface area contributed by atoms with Crippen LogP contribution in [0.1, 0.15) is 49.1 Å². The molecule has 0 radical (unpaired) electrons. The maximum atomic E-state index is 13.0. The third kappa shape index (κ3) is 4.50. The number of carbonyl (C=O) groups excluding carboxylic acids is 2. The molecule has 2 aromatic carbocycles. The van der Waals surface area contributed by atoms with Crippen LogP contribution in [0.25, 0.3) is 11.1 Å². The van der Waals surface area contributed by atoms with Crippen LogP contribution in [0.4, 0.5) is 4.79 Å². The van der Waals surface area contributed by atoms with Gasteiger partial charge in [-0.25, -0.2) is 9.59 Å². The van der Waals surface area contributed by atoms with Crippen LogP contribution in [-0.2, 0) is 14.3 Å². The summed E-state index contributed by atoms with van der Waals surface area (Å²) >= 11 is 0. The monoisotopic (exact) mass is 478 g/mol. The van der Waals surface area contributed by atoms with E-state index in [1.807, 2.05) is 24.3 Å². The second-order valence-electron chi connectivity index (χ2n) is 9.88. The molecule has 5 rings (SSSR count). The van der Waals surface area contributed by atoms with Crippen molar-refractivity contribution in [1.82, 2.24) is 10.2 Å². The average Bonchev–Trinajstić information content (AvgIpc) is 3.42. The van der Waals surface area contributed by atoms with Crippen molar-refractivity contribution in [3.8, 4) is 11.1 Å². The fourth-order valence-electron chi connectivity index (χ4n) is 5.77. The number of amides is 2. The minimum absolute atomic E-state index is 0.0167. The number of nitrogens with zero attached hydrogens (tertiary/aromatic N) is 1. The minimum Gasteiger partial charge on any atom is -0.479 e. The number of benzene rings is 2. The smallest absolute Gasteiger partial charge is 0.407 e. The molecule has 3 atom stereocenters. The molecule has 3 N–H and O–H groups in total. The highest BCUT2D eigenvalue weighted by atomic mass is 16.5. The van der Waals surface area contributed by atoms with Crippen molar-refractivity contribution >= 4 is 18.0 Å². The number of carbonyl (C=O) groups is 3. The Bertz CT molecular complexity index is 1100. The SMILES string of the molecule is O=C(N[C@@H]1CCC[C@H](C(=O)N2CCC(O)(C(=O)O)C2)C1)OCC1c2ccccc2-c2ccccc21. The number of carboxylic acids is 1. The van der Waals surface area contributed by atoms with Crippen LogP contribution in [0.15, 0.2) is 48.5 Å². The summed E-state index contributed by atoms with van der Waals surface area (Å²) in [5, 5.41) is 22.3. The molecule has 1 aliphatic heterocycles. The highest BCUT2D eigenvalue weighted by Gasteiger charge is 2.46. The summed E-state index contributed by atoms with van der Waals surface area (Å²) in [5.74, 6) is -1.77. The van der Waals surface area contributed by atoms with Crippen LogP contribution in [0.5, 0.6) is 0 Å². The van der Waals surface area contributed by atoms with Crippen molar-refractivity contribution < 1.29 is 29.3 Å². The fourth-order valence-corrected chi connectivity index (χ4v) is 5.77. The number of β-amino-alcohol motifs (C(OH)–C–C–N with tert-alkyl or cyclic N) is 1. The summed E-state index contributed by atoms with van der Waals surface area (Å²) in [6.45, 7) is 0.265. The largest absolute Gasteiger partial charge is 0.479 e. The van der Waals surface area contributed by atoms with Crippen molar-refractivity contribution in [3.63, 3.8) is 0 Å². The van der Waals surface area contributed by atoms with Gasteiger partial charge in [-0.3, -0.25) is 4.79 Å². The summed E-state index contributed by atoms with van der Waals surface area (Å²) in [5.41, 5.74) is 2.77. The Hall–Kier alpha value is -3.39. The maximum absolute atomic E-state index is 13.0. The highest BCUT2D eigenvalue weighted by molar-refractivity contribution is 5.83. The first kappa shape index (κ1) is 23.4. The van der Waals surface area contributed by atoms with E-state index in [4.69, 9.17) is 4.74 Å². The highest BCUT2D eigenvalue weighted by Crippen LogP contribution is 2.44. The number of fused-ring (bicyclic) bond motifs is 3. The van der Waals surface area contributed by atoms with Crippen LogP contribution in [-0.4, -0.2) is 64.4 Å². The van der Waals surface area contributed by atoms with Gasteiger partial charge >= 0.3 is 12.1 Å². The van der Waals surface area contributed by atoms with Gasteiger partial charge in [0.15, 0.2) is 5.60 Å². The molecule has 2 fully saturated rings. The molecule has 8 nitrogen and oxygen atoms in total. The summed E-state index contributed by atoms with van der Waals surface area (Å²) in [6, 6.07) is 16.1. The van der Waals surface area contributed by atoms with Gasteiger partial charge in [0.05, 0.1) is 6.54 Å². The van der Waals surface area contributed by atoms with E-state index in [2.05, 4.69) is 29.6 Å². The molecule has 1 heterocycles. The normalized spacial score (nSPS) is 25.6. The predicted molar refractivity (Wildman–Crippen MR) is 128 cm³/mol. The summed E-state index contributed by atoms with van der Waals surface area (Å²) in [4.78, 5) is 38.3. The first-order valence-electron chi connectivity index (χ1n) is 12.2. The molecular formula is C27H30N2O6. The predicted octanol–water partition coefficient (Wildman–Crippen LogP) is 3.13. The number of hydrogen-bond acceptors (Lipinski definition) is 5. The molecule has 0 spiro atoms. The van der Waals surface area contributed by atoms with Gasteiger partial charge in [0, 0.05) is 30.8 Å². The first-order chi connectivity index (χ1) is 16.9. The molecule has 1 unspecified atom stereocenters. The number of aliphatic hydroxyl groups is 1. The van der Waals surface area contributed by atoms with E-state index < -0.39 is 17.7 Å². The van der Waals surface area contributed by atoms with Gasteiger partial charge in [-0.15, -0.1) is 0 Å². The summed E-state index contributed by atoms with van der Waals surface area (Å²) < 4.78 is 5.65. The number of likely N-dealkylation sites (tertiary alicyclic amines) is 1. The molecule has 184 valence electrons. The van der Waals surface area contributed by atoms with Crippen molar-refractivity contribution in [2.75, 3.05) is 19.7 Å². The molecule has 2 aromatic rings. The molecule has 0 bridgehead atoms. The van der Waals surface area contributed by atoms with Crippen LogP contribution in [0.2, 0.25) is 0 Å². The van der Waals surface area contributed by atoms with E-state index in [1.165, 1.54) is 16.0 Å². The lowest BCUT2D eigenvalue weighted by atomic mass is 9.85. The van der Waals surface area contributed by atoms with E-state index in [-0.39, 0.29) is 49.9 Å². The van der Waals surface area contributed by atoms with E-state index in [0.717, 1.165) is 24.0 Å². The molecular weight excluding hydrogens is 448 g/mol. The van der Waals surface area contributed by atoms with Crippen molar-refractivity contribution in [1.29, 1.82) is 0 Å². The number of alkyl carbamates (subject to hydrolysis) is 1. The number of hydrogen-bond donors (Lipinski definition) is 3. The topological polar surface area (TPSA) is 116 Å². The standard InChI is InChI=1S/C27H30N2O6/c30-24(29-13-12-27(34,16-29)25(31)32)17-6-5-7-18(14-17)28-26(33)35-15-23-21-10-3-1-8-19(21)20-9-2-4-11-22(20)23/h1-4,8-11,17-18,23,34H,5-7,12-16H2,(H,28,33)(H,31,32)/t17-,18+,27?/m0/s1. The minimum atomic E-state index is -1.87. The second kappa shape index (κ2) is 9.34. The molecule has 3 aliphatic rings. The third-order valence-electron chi connectivity index (χ3n) is 7.65. The van der Waals surface area contributed by atoms with Crippen LogP contribution in [0, 0.1) is 5.92 Å². The molecule has 8 heteroatoms. The second-order valence-corrected chi connectivity index (χ2v) is 9.88. The lowest BCUT2D eigenvalue weighted by Gasteiger charge is -2.31.